The van der Waals surface area contributed by atoms with Gasteiger partial charge in [-0.15, -0.1) is 0 Å². The number of carbonyl (C=O) groups is 3. The van der Waals surface area contributed by atoms with Gasteiger partial charge in [-0.2, -0.15) is 0 Å². The molecule has 3 rings (SSSR count). The second kappa shape index (κ2) is 10.4. The highest BCUT2D eigenvalue weighted by Gasteiger charge is 2.34. The van der Waals surface area contributed by atoms with Gasteiger partial charge in [0.1, 0.15) is 5.75 Å². The number of nitrogens with one attached hydrogen (secondary N) is 2. The van der Waals surface area contributed by atoms with Crippen LogP contribution >= 0.6 is 15.9 Å². The third kappa shape index (κ3) is 6.07. The van der Waals surface area contributed by atoms with E-state index in [0.29, 0.717) is 30.2 Å². The summed E-state index contributed by atoms with van der Waals surface area (Å²) < 4.78 is 6.53. The highest BCUT2D eigenvalue weighted by Crippen LogP contribution is 2.27. The van der Waals surface area contributed by atoms with Crippen molar-refractivity contribution in [3.05, 3.63) is 52.5 Å². The Bertz CT molecular complexity index is 962. The lowest BCUT2D eigenvalue weighted by atomic mass is 10.1. The topological polar surface area (TPSA) is 87.7 Å². The van der Waals surface area contributed by atoms with E-state index in [1.807, 2.05) is 32.0 Å². The summed E-state index contributed by atoms with van der Waals surface area (Å²) in [5.41, 5.74) is 2.43. The molecule has 1 fully saturated rings. The lowest BCUT2D eigenvalue weighted by Crippen LogP contribution is -2.33. The van der Waals surface area contributed by atoms with Crippen LogP contribution in [0.15, 0.2) is 46.9 Å². The summed E-state index contributed by atoms with van der Waals surface area (Å²) in [5, 5.41) is 5.64. The predicted molar refractivity (Wildman–Crippen MR) is 123 cm³/mol. The molecule has 2 aromatic rings. The van der Waals surface area contributed by atoms with E-state index >= 15 is 0 Å². The summed E-state index contributed by atoms with van der Waals surface area (Å²) >= 11 is 3.43. The van der Waals surface area contributed by atoms with E-state index in [2.05, 4.69) is 26.6 Å². The molecule has 0 spiro atoms. The minimum absolute atomic E-state index is 0.0746. The van der Waals surface area contributed by atoms with Crippen LogP contribution in [0.3, 0.4) is 0 Å². The van der Waals surface area contributed by atoms with Crippen molar-refractivity contribution in [2.24, 2.45) is 5.92 Å². The van der Waals surface area contributed by atoms with Gasteiger partial charge in [-0.1, -0.05) is 22.9 Å². The van der Waals surface area contributed by atoms with Crippen LogP contribution in [0.1, 0.15) is 25.3 Å². The molecular formula is C23H26BrN3O4. The largest absolute Gasteiger partial charge is 0.484 e. The second-order valence-electron chi connectivity index (χ2n) is 7.49. The summed E-state index contributed by atoms with van der Waals surface area (Å²) in [6, 6.07) is 12.5. The molecule has 8 heteroatoms. The minimum Gasteiger partial charge on any atom is -0.484 e. The van der Waals surface area contributed by atoms with Crippen LogP contribution in [0.4, 0.5) is 11.4 Å². The van der Waals surface area contributed by atoms with Crippen molar-refractivity contribution in [3.8, 4) is 5.75 Å². The Balaban J connectivity index is 1.52. The number of anilines is 2. The number of halogens is 1. The van der Waals surface area contributed by atoms with E-state index in [-0.39, 0.29) is 36.7 Å². The average molecular weight is 488 g/mol. The maximum Gasteiger partial charge on any atom is 0.262 e. The molecule has 31 heavy (non-hydrogen) atoms. The Morgan fingerprint density at radius 3 is 2.61 bits per heavy atom. The number of rotatable bonds is 8. The van der Waals surface area contributed by atoms with Gasteiger partial charge in [-0.3, -0.25) is 14.4 Å². The molecule has 7 nitrogen and oxygen atoms in total. The fourth-order valence-corrected chi connectivity index (χ4v) is 3.56. The van der Waals surface area contributed by atoms with Crippen LogP contribution in [-0.4, -0.2) is 37.4 Å². The van der Waals surface area contributed by atoms with Crippen LogP contribution in [0, 0.1) is 12.8 Å². The zero-order chi connectivity index (χ0) is 22.4. The summed E-state index contributed by atoms with van der Waals surface area (Å²) in [6.45, 7) is 4.79. The first-order valence-corrected chi connectivity index (χ1v) is 11.0. The van der Waals surface area contributed by atoms with Crippen molar-refractivity contribution in [1.82, 2.24) is 5.32 Å². The molecule has 1 aliphatic rings. The maximum absolute atomic E-state index is 12.3. The number of aryl methyl sites for hydroxylation is 1. The number of amides is 3. The van der Waals surface area contributed by atoms with Gasteiger partial charge in [0.25, 0.3) is 5.91 Å². The van der Waals surface area contributed by atoms with Crippen LogP contribution in [0.2, 0.25) is 0 Å². The van der Waals surface area contributed by atoms with Gasteiger partial charge in [-0.05, 0) is 61.4 Å². The number of hydrogen-bond acceptors (Lipinski definition) is 4. The van der Waals surface area contributed by atoms with Gasteiger partial charge >= 0.3 is 0 Å². The lowest BCUT2D eigenvalue weighted by Gasteiger charge is -2.17. The van der Waals surface area contributed by atoms with E-state index < -0.39 is 0 Å². The van der Waals surface area contributed by atoms with Crippen LogP contribution in [0.25, 0.3) is 0 Å². The zero-order valence-corrected chi connectivity index (χ0v) is 19.2. The second-order valence-corrected chi connectivity index (χ2v) is 8.35. The highest BCUT2D eigenvalue weighted by atomic mass is 79.9. The van der Waals surface area contributed by atoms with Crippen molar-refractivity contribution in [3.63, 3.8) is 0 Å². The number of hydrogen-bond donors (Lipinski definition) is 2. The van der Waals surface area contributed by atoms with E-state index in [1.165, 1.54) is 0 Å². The molecule has 164 valence electrons. The first-order valence-electron chi connectivity index (χ1n) is 10.2. The van der Waals surface area contributed by atoms with Crippen molar-refractivity contribution < 1.29 is 19.1 Å². The van der Waals surface area contributed by atoms with Crippen LogP contribution in [-0.2, 0) is 14.4 Å². The molecule has 0 bridgehead atoms. The molecule has 1 heterocycles. The fraction of sp³-hybridized carbons (Fsp3) is 0.348. The standard InChI is InChI=1S/C23H26BrN3O4/c1-3-10-25-23(30)16-12-22(29)27(13-16)18-5-7-19(8-6-18)31-14-21(28)26-17-4-9-20(24)15(2)11-17/h4-9,11,16H,3,10,12-14H2,1-2H3,(H,25,30)(H,26,28). The third-order valence-corrected chi connectivity index (χ3v) is 5.89. The van der Waals surface area contributed by atoms with Crippen LogP contribution in [0.5, 0.6) is 5.75 Å². The average Bonchev–Trinajstić information content (AvgIpc) is 3.15. The molecule has 1 unspecified atom stereocenters. The van der Waals surface area contributed by atoms with E-state index in [1.54, 1.807) is 29.2 Å². The number of nitrogens with zero attached hydrogens (tertiary/aromatic N) is 1. The highest BCUT2D eigenvalue weighted by molar-refractivity contribution is 9.10. The first kappa shape index (κ1) is 22.8. The smallest absolute Gasteiger partial charge is 0.262 e. The van der Waals surface area contributed by atoms with Gasteiger partial charge in [-0.25, -0.2) is 0 Å². The van der Waals surface area contributed by atoms with Gasteiger partial charge in [0, 0.05) is 35.4 Å². The zero-order valence-electron chi connectivity index (χ0n) is 17.6. The minimum atomic E-state index is -0.332. The monoisotopic (exact) mass is 487 g/mol. The van der Waals surface area contributed by atoms with E-state index in [4.69, 9.17) is 4.74 Å². The molecule has 0 saturated carbocycles. The lowest BCUT2D eigenvalue weighted by molar-refractivity contribution is -0.126. The Kier molecular flexibility index (Phi) is 7.68. The first-order chi connectivity index (χ1) is 14.9. The molecule has 2 N–H and O–H groups in total. The van der Waals surface area contributed by atoms with Gasteiger partial charge in [0.05, 0.1) is 5.92 Å². The summed E-state index contributed by atoms with van der Waals surface area (Å²) in [4.78, 5) is 38.2. The molecule has 3 amide bonds. The molecule has 1 saturated heterocycles. The third-order valence-electron chi connectivity index (χ3n) is 5.01. The van der Waals surface area contributed by atoms with Crippen molar-refractivity contribution in [1.29, 1.82) is 0 Å². The Morgan fingerprint density at radius 1 is 1.19 bits per heavy atom. The Hall–Kier alpha value is -2.87. The van der Waals surface area contributed by atoms with Crippen molar-refractivity contribution in [2.45, 2.75) is 26.7 Å². The van der Waals surface area contributed by atoms with Crippen molar-refractivity contribution in [2.75, 3.05) is 29.9 Å². The van der Waals surface area contributed by atoms with Crippen molar-refractivity contribution >= 4 is 45.0 Å². The maximum atomic E-state index is 12.3. The molecule has 0 aromatic heterocycles. The normalized spacial score (nSPS) is 15.6. The number of benzene rings is 2. The van der Waals surface area contributed by atoms with Gasteiger partial charge < -0.3 is 20.3 Å². The predicted octanol–water partition coefficient (Wildman–Crippen LogP) is 3.65. The quantitative estimate of drug-likeness (QED) is 0.594. The Labute approximate surface area is 190 Å². The van der Waals surface area contributed by atoms with E-state index in [9.17, 15) is 14.4 Å². The molecule has 1 aliphatic heterocycles. The number of carbonyl (C=O) groups excluding carboxylic acids is 3. The molecule has 0 radical (unpaired) electrons. The molecule has 0 aliphatic carbocycles. The summed E-state index contributed by atoms with van der Waals surface area (Å²) in [7, 11) is 0. The fourth-order valence-electron chi connectivity index (χ4n) is 3.32. The van der Waals surface area contributed by atoms with Crippen LogP contribution < -0.4 is 20.3 Å². The SMILES string of the molecule is CCCNC(=O)C1CC(=O)N(c2ccc(OCC(=O)Nc3ccc(Br)c(C)c3)cc2)C1. The van der Waals surface area contributed by atoms with Gasteiger partial charge in [0.2, 0.25) is 11.8 Å². The molecule has 1 atom stereocenters. The summed E-state index contributed by atoms with van der Waals surface area (Å²) in [5.74, 6) is -0.226. The number of ether oxygens (including phenoxy) is 1. The molecule has 2 aromatic carbocycles. The molecular weight excluding hydrogens is 462 g/mol. The summed E-state index contributed by atoms with van der Waals surface area (Å²) in [6.07, 6.45) is 1.07. The Morgan fingerprint density at radius 2 is 1.94 bits per heavy atom. The van der Waals surface area contributed by atoms with Gasteiger partial charge in [0.15, 0.2) is 6.61 Å². The van der Waals surface area contributed by atoms with E-state index in [0.717, 1.165) is 16.5 Å².